The van der Waals surface area contributed by atoms with E-state index in [4.69, 9.17) is 0 Å². The minimum absolute atomic E-state index is 0.281. The number of carbonyl (C=O) groups excluding carboxylic acids is 1. The normalized spacial score (nSPS) is 26.4. The number of hydrogen-bond donors (Lipinski definition) is 0. The van der Waals surface area contributed by atoms with E-state index in [9.17, 15) is 4.79 Å². The number of anilines is 1. The van der Waals surface area contributed by atoms with Gasteiger partial charge < -0.3 is 9.80 Å². The lowest BCUT2D eigenvalue weighted by Gasteiger charge is -2.26. The fourth-order valence-electron chi connectivity index (χ4n) is 3.28. The zero-order chi connectivity index (χ0) is 13.4. The zero-order valence-electron chi connectivity index (χ0n) is 11.5. The molecule has 3 heterocycles. The van der Waals surface area contributed by atoms with E-state index < -0.39 is 0 Å². The summed E-state index contributed by atoms with van der Waals surface area (Å²) in [5, 5.41) is 0. The maximum Gasteiger partial charge on any atom is 0.225 e. The van der Waals surface area contributed by atoms with Crippen molar-refractivity contribution >= 4 is 11.7 Å². The second-order valence-electron chi connectivity index (χ2n) is 5.82. The summed E-state index contributed by atoms with van der Waals surface area (Å²) in [6, 6.07) is 0.639. The molecule has 2 saturated heterocycles. The van der Waals surface area contributed by atoms with Crippen LogP contribution < -0.4 is 4.90 Å². The number of carbonyl (C=O) groups is 1. The lowest BCUT2D eigenvalue weighted by atomic mass is 10.1. The van der Waals surface area contributed by atoms with Crippen LogP contribution in [0.3, 0.4) is 0 Å². The SMILES string of the molecule is CC(C)CN1C(=O)C[C@@H]2[C@H]1CCN2c1cnccn1. The van der Waals surface area contributed by atoms with Crippen molar-refractivity contribution in [2.45, 2.75) is 38.8 Å². The number of rotatable bonds is 3. The van der Waals surface area contributed by atoms with Gasteiger partial charge in [0.05, 0.1) is 18.3 Å². The van der Waals surface area contributed by atoms with Crippen molar-refractivity contribution in [3.05, 3.63) is 18.6 Å². The van der Waals surface area contributed by atoms with Gasteiger partial charge >= 0.3 is 0 Å². The monoisotopic (exact) mass is 260 g/mol. The molecular weight excluding hydrogens is 240 g/mol. The molecule has 19 heavy (non-hydrogen) atoms. The Bertz CT molecular complexity index is 462. The lowest BCUT2D eigenvalue weighted by Crippen LogP contribution is -2.39. The highest BCUT2D eigenvalue weighted by molar-refractivity contribution is 5.81. The van der Waals surface area contributed by atoms with Gasteiger partial charge in [0.25, 0.3) is 0 Å². The van der Waals surface area contributed by atoms with Gasteiger partial charge in [-0.2, -0.15) is 0 Å². The molecule has 102 valence electrons. The lowest BCUT2D eigenvalue weighted by molar-refractivity contribution is -0.129. The number of hydrogen-bond acceptors (Lipinski definition) is 4. The number of likely N-dealkylation sites (tertiary alicyclic amines) is 1. The summed E-state index contributed by atoms with van der Waals surface area (Å²) < 4.78 is 0. The molecule has 1 aromatic heterocycles. The maximum atomic E-state index is 12.2. The molecule has 5 nitrogen and oxygen atoms in total. The summed E-state index contributed by atoms with van der Waals surface area (Å²) in [6.07, 6.45) is 6.85. The van der Waals surface area contributed by atoms with Crippen LogP contribution in [0.2, 0.25) is 0 Å². The predicted octanol–water partition coefficient (Wildman–Crippen LogP) is 1.31. The summed E-state index contributed by atoms with van der Waals surface area (Å²) in [4.78, 5) is 25.0. The van der Waals surface area contributed by atoms with Crippen LogP contribution in [-0.4, -0.2) is 45.9 Å². The number of fused-ring (bicyclic) bond motifs is 1. The Morgan fingerprint density at radius 3 is 2.89 bits per heavy atom. The van der Waals surface area contributed by atoms with Crippen molar-refractivity contribution in [2.24, 2.45) is 5.92 Å². The minimum Gasteiger partial charge on any atom is -0.350 e. The molecule has 0 bridgehead atoms. The molecule has 1 aromatic rings. The Morgan fingerprint density at radius 1 is 1.37 bits per heavy atom. The molecule has 0 spiro atoms. The van der Waals surface area contributed by atoms with E-state index in [1.807, 2.05) is 0 Å². The third-order valence-electron chi connectivity index (χ3n) is 4.02. The summed E-state index contributed by atoms with van der Waals surface area (Å²) in [7, 11) is 0. The van der Waals surface area contributed by atoms with Gasteiger partial charge in [0.15, 0.2) is 0 Å². The smallest absolute Gasteiger partial charge is 0.225 e. The summed E-state index contributed by atoms with van der Waals surface area (Å²) in [6.45, 7) is 6.16. The first kappa shape index (κ1) is 12.4. The van der Waals surface area contributed by atoms with Crippen molar-refractivity contribution in [1.82, 2.24) is 14.9 Å². The van der Waals surface area contributed by atoms with E-state index in [2.05, 4.69) is 33.6 Å². The predicted molar refractivity (Wildman–Crippen MR) is 72.7 cm³/mol. The molecule has 2 aliphatic heterocycles. The van der Waals surface area contributed by atoms with E-state index in [0.29, 0.717) is 18.4 Å². The molecule has 0 saturated carbocycles. The molecule has 0 aliphatic carbocycles. The standard InChI is InChI=1S/C14H20N4O/c1-10(2)9-18-11-3-6-17(12(11)7-14(18)19)13-8-15-4-5-16-13/h4-5,8,10-12H,3,6-7,9H2,1-2H3/t11-,12-/m1/s1. The van der Waals surface area contributed by atoms with E-state index >= 15 is 0 Å². The van der Waals surface area contributed by atoms with Gasteiger partial charge in [0.2, 0.25) is 5.91 Å². The van der Waals surface area contributed by atoms with E-state index in [1.165, 1.54) is 0 Å². The van der Waals surface area contributed by atoms with Crippen LogP contribution in [-0.2, 0) is 4.79 Å². The fourth-order valence-corrected chi connectivity index (χ4v) is 3.28. The third kappa shape index (κ3) is 2.17. The molecule has 2 atom stereocenters. The van der Waals surface area contributed by atoms with Gasteiger partial charge in [-0.25, -0.2) is 4.98 Å². The van der Waals surface area contributed by atoms with Gasteiger partial charge in [-0.1, -0.05) is 13.8 Å². The highest BCUT2D eigenvalue weighted by atomic mass is 16.2. The Balaban J connectivity index is 1.79. The van der Waals surface area contributed by atoms with Gasteiger partial charge in [-0.15, -0.1) is 0 Å². The third-order valence-corrected chi connectivity index (χ3v) is 4.02. The molecule has 1 amide bonds. The fraction of sp³-hybridized carbons (Fsp3) is 0.643. The quantitative estimate of drug-likeness (QED) is 0.822. The number of nitrogens with zero attached hydrogens (tertiary/aromatic N) is 4. The molecule has 0 radical (unpaired) electrons. The number of amides is 1. The minimum atomic E-state index is 0.281. The van der Waals surface area contributed by atoms with Gasteiger partial charge in [0.1, 0.15) is 5.82 Å². The highest BCUT2D eigenvalue weighted by Crippen LogP contribution is 2.34. The molecule has 0 N–H and O–H groups in total. The summed E-state index contributed by atoms with van der Waals surface area (Å²) >= 11 is 0. The molecule has 2 aliphatic rings. The molecule has 0 unspecified atom stereocenters. The zero-order valence-corrected chi connectivity index (χ0v) is 11.5. The van der Waals surface area contributed by atoms with Crippen molar-refractivity contribution in [3.63, 3.8) is 0 Å². The Hall–Kier alpha value is -1.65. The van der Waals surface area contributed by atoms with Crippen molar-refractivity contribution in [3.8, 4) is 0 Å². The highest BCUT2D eigenvalue weighted by Gasteiger charge is 2.47. The van der Waals surface area contributed by atoms with Crippen LogP contribution in [0.25, 0.3) is 0 Å². The van der Waals surface area contributed by atoms with Crippen molar-refractivity contribution in [1.29, 1.82) is 0 Å². The Kier molecular flexibility index (Phi) is 3.12. The average molecular weight is 260 g/mol. The average Bonchev–Trinajstić information content (AvgIpc) is 2.91. The van der Waals surface area contributed by atoms with E-state index in [1.54, 1.807) is 18.6 Å². The molecule has 5 heteroatoms. The topological polar surface area (TPSA) is 49.3 Å². The summed E-state index contributed by atoms with van der Waals surface area (Å²) in [5.41, 5.74) is 0. The van der Waals surface area contributed by atoms with Gasteiger partial charge in [0, 0.05) is 31.9 Å². The Morgan fingerprint density at radius 2 is 2.21 bits per heavy atom. The first-order valence-electron chi connectivity index (χ1n) is 6.99. The Labute approximate surface area is 113 Å². The van der Waals surface area contributed by atoms with Crippen LogP contribution in [0.5, 0.6) is 0 Å². The van der Waals surface area contributed by atoms with E-state index in [-0.39, 0.29) is 11.9 Å². The van der Waals surface area contributed by atoms with Crippen LogP contribution in [0.15, 0.2) is 18.6 Å². The second-order valence-corrected chi connectivity index (χ2v) is 5.82. The molecule has 3 rings (SSSR count). The maximum absolute atomic E-state index is 12.2. The van der Waals surface area contributed by atoms with Crippen LogP contribution in [0.4, 0.5) is 5.82 Å². The molecule has 0 aromatic carbocycles. The van der Waals surface area contributed by atoms with Crippen LogP contribution in [0.1, 0.15) is 26.7 Å². The van der Waals surface area contributed by atoms with E-state index in [0.717, 1.165) is 25.3 Å². The van der Waals surface area contributed by atoms with Gasteiger partial charge in [-0.05, 0) is 12.3 Å². The van der Waals surface area contributed by atoms with Crippen LogP contribution in [0, 0.1) is 5.92 Å². The first-order valence-corrected chi connectivity index (χ1v) is 6.99. The van der Waals surface area contributed by atoms with Crippen molar-refractivity contribution < 1.29 is 4.79 Å². The number of aromatic nitrogens is 2. The second kappa shape index (κ2) is 4.79. The van der Waals surface area contributed by atoms with Gasteiger partial charge in [-0.3, -0.25) is 9.78 Å². The molecule has 2 fully saturated rings. The van der Waals surface area contributed by atoms with Crippen molar-refractivity contribution in [2.75, 3.05) is 18.0 Å². The van der Waals surface area contributed by atoms with Crippen LogP contribution >= 0.6 is 0 Å². The molecular formula is C14H20N4O. The largest absolute Gasteiger partial charge is 0.350 e. The first-order chi connectivity index (χ1) is 9.16. The summed E-state index contributed by atoms with van der Waals surface area (Å²) in [5.74, 6) is 1.71.